The Kier molecular flexibility index (Phi) is 9.99. The van der Waals surface area contributed by atoms with Gasteiger partial charge in [-0.2, -0.15) is 0 Å². The lowest BCUT2D eigenvalue weighted by Gasteiger charge is -2.37. The van der Waals surface area contributed by atoms with E-state index in [9.17, 15) is 9.90 Å². The molecule has 1 aromatic carbocycles. The third-order valence-corrected chi connectivity index (χ3v) is 7.02. The summed E-state index contributed by atoms with van der Waals surface area (Å²) in [5, 5.41) is 12.5. The molecule has 3 rings (SSSR count). The number of hydrogen-bond donors (Lipinski definition) is 1. The standard InChI is InChI=1S/C27H38N2O4S/c1-5-6-8-21(30)17-28(16-20(2)3)18-27(31)29-13-11-26-24(12-14-34-26)25(29)19-33-23-10-7-9-22(15-23)32-4/h5,7,9-10,12,14-15,20-21,25,30H,1,6,8,11,13,16-19H2,2-4H3. The lowest BCUT2D eigenvalue weighted by atomic mass is 10.00. The molecule has 0 saturated carbocycles. The Morgan fingerprint density at radius 2 is 2.12 bits per heavy atom. The van der Waals surface area contributed by atoms with Gasteiger partial charge in [0.2, 0.25) is 5.91 Å². The molecular weight excluding hydrogens is 448 g/mol. The Balaban J connectivity index is 1.72. The fraction of sp³-hybridized carbons (Fsp3) is 0.519. The van der Waals surface area contributed by atoms with Gasteiger partial charge in [-0.25, -0.2) is 0 Å². The number of benzene rings is 1. The van der Waals surface area contributed by atoms with Crippen LogP contribution in [-0.2, 0) is 11.2 Å². The summed E-state index contributed by atoms with van der Waals surface area (Å²) in [6, 6.07) is 9.52. The molecule has 0 bridgehead atoms. The number of carbonyl (C=O) groups is 1. The molecule has 0 spiro atoms. The molecule has 2 heterocycles. The first-order valence-electron chi connectivity index (χ1n) is 12.0. The summed E-state index contributed by atoms with van der Waals surface area (Å²) in [6.07, 6.45) is 3.63. The monoisotopic (exact) mass is 486 g/mol. The molecule has 186 valence electrons. The van der Waals surface area contributed by atoms with Gasteiger partial charge < -0.3 is 19.5 Å². The van der Waals surface area contributed by atoms with E-state index in [0.29, 0.717) is 38.6 Å². The van der Waals surface area contributed by atoms with Crippen LogP contribution in [0.3, 0.4) is 0 Å². The molecule has 0 aliphatic carbocycles. The normalized spacial score (nSPS) is 16.4. The van der Waals surface area contributed by atoms with Crippen LogP contribution in [-0.4, -0.2) is 66.8 Å². The number of hydrogen-bond acceptors (Lipinski definition) is 6. The number of allylic oxidation sites excluding steroid dienone is 1. The first-order chi connectivity index (χ1) is 16.4. The molecule has 1 aliphatic rings. The fourth-order valence-corrected chi connectivity index (χ4v) is 5.37. The fourth-order valence-electron chi connectivity index (χ4n) is 4.44. The quantitative estimate of drug-likeness (QED) is 0.421. The molecule has 2 unspecified atom stereocenters. The largest absolute Gasteiger partial charge is 0.497 e. The van der Waals surface area contributed by atoms with Gasteiger partial charge in [-0.15, -0.1) is 17.9 Å². The zero-order valence-corrected chi connectivity index (χ0v) is 21.4. The average molecular weight is 487 g/mol. The Morgan fingerprint density at radius 1 is 1.32 bits per heavy atom. The average Bonchev–Trinajstić information content (AvgIpc) is 3.30. The molecule has 7 heteroatoms. The van der Waals surface area contributed by atoms with Crippen molar-refractivity contribution in [1.82, 2.24) is 9.80 Å². The van der Waals surface area contributed by atoms with Crippen molar-refractivity contribution in [1.29, 1.82) is 0 Å². The molecule has 34 heavy (non-hydrogen) atoms. The molecule has 6 nitrogen and oxygen atoms in total. The highest BCUT2D eigenvalue weighted by atomic mass is 32.1. The molecule has 0 radical (unpaired) electrons. The van der Waals surface area contributed by atoms with Gasteiger partial charge in [0.15, 0.2) is 0 Å². The summed E-state index contributed by atoms with van der Waals surface area (Å²) >= 11 is 1.74. The van der Waals surface area contributed by atoms with Gasteiger partial charge in [0.25, 0.3) is 0 Å². The number of thiophene rings is 1. The number of amides is 1. The van der Waals surface area contributed by atoms with Crippen LogP contribution in [0.25, 0.3) is 0 Å². The summed E-state index contributed by atoms with van der Waals surface area (Å²) in [5.41, 5.74) is 1.17. The number of fused-ring (bicyclic) bond motifs is 1. The zero-order valence-electron chi connectivity index (χ0n) is 20.6. The summed E-state index contributed by atoms with van der Waals surface area (Å²) in [4.78, 5) is 18.9. The maximum Gasteiger partial charge on any atom is 0.237 e. The van der Waals surface area contributed by atoms with Crippen LogP contribution in [0, 0.1) is 5.92 Å². The Hall–Kier alpha value is -2.35. The minimum Gasteiger partial charge on any atom is -0.497 e. The topological polar surface area (TPSA) is 62.2 Å². The van der Waals surface area contributed by atoms with Crippen molar-refractivity contribution in [3.63, 3.8) is 0 Å². The minimum absolute atomic E-state index is 0.0765. The van der Waals surface area contributed by atoms with Crippen molar-refractivity contribution in [3.8, 4) is 11.5 Å². The second-order valence-corrected chi connectivity index (χ2v) is 10.3. The van der Waals surface area contributed by atoms with Crippen LogP contribution in [0.1, 0.15) is 43.2 Å². The van der Waals surface area contributed by atoms with Crippen molar-refractivity contribution in [2.75, 3.05) is 39.9 Å². The SMILES string of the molecule is C=CCCC(O)CN(CC(=O)N1CCc2sccc2C1COc1cccc(OC)c1)CC(C)C. The molecule has 1 aromatic heterocycles. The number of aliphatic hydroxyl groups excluding tert-OH is 1. The highest BCUT2D eigenvalue weighted by Gasteiger charge is 2.33. The number of ether oxygens (including phenoxy) is 2. The molecule has 0 fully saturated rings. The van der Waals surface area contributed by atoms with Gasteiger partial charge in [-0.3, -0.25) is 9.69 Å². The number of rotatable bonds is 13. The molecule has 1 amide bonds. The lowest BCUT2D eigenvalue weighted by Crippen LogP contribution is -2.48. The van der Waals surface area contributed by atoms with Crippen molar-refractivity contribution in [3.05, 3.63) is 58.8 Å². The van der Waals surface area contributed by atoms with Gasteiger partial charge in [0.1, 0.15) is 18.1 Å². The first-order valence-corrected chi connectivity index (χ1v) is 12.9. The molecule has 2 atom stereocenters. The highest BCUT2D eigenvalue weighted by Crippen LogP contribution is 2.34. The summed E-state index contributed by atoms with van der Waals surface area (Å²) in [5.74, 6) is 1.94. The highest BCUT2D eigenvalue weighted by molar-refractivity contribution is 7.10. The van der Waals surface area contributed by atoms with Crippen molar-refractivity contribution in [2.24, 2.45) is 5.92 Å². The Labute approximate surface area is 207 Å². The van der Waals surface area contributed by atoms with Gasteiger partial charge in [-0.1, -0.05) is 26.0 Å². The van der Waals surface area contributed by atoms with E-state index in [0.717, 1.165) is 30.9 Å². The smallest absolute Gasteiger partial charge is 0.237 e. The van der Waals surface area contributed by atoms with E-state index in [1.165, 1.54) is 10.4 Å². The van der Waals surface area contributed by atoms with E-state index in [4.69, 9.17) is 9.47 Å². The number of methoxy groups -OCH3 is 1. The van der Waals surface area contributed by atoms with E-state index in [1.807, 2.05) is 35.2 Å². The summed E-state index contributed by atoms with van der Waals surface area (Å²) < 4.78 is 11.4. The third kappa shape index (κ3) is 7.32. The van der Waals surface area contributed by atoms with Crippen LogP contribution in [0.15, 0.2) is 48.4 Å². The van der Waals surface area contributed by atoms with E-state index in [1.54, 1.807) is 18.4 Å². The number of aliphatic hydroxyl groups is 1. The second-order valence-electron chi connectivity index (χ2n) is 9.25. The number of carbonyl (C=O) groups excluding carboxylic acids is 1. The maximum atomic E-state index is 13.6. The van der Waals surface area contributed by atoms with Crippen LogP contribution < -0.4 is 9.47 Å². The first kappa shape index (κ1) is 26.3. The van der Waals surface area contributed by atoms with Crippen LogP contribution in [0.5, 0.6) is 11.5 Å². The third-order valence-electron chi connectivity index (χ3n) is 6.02. The van der Waals surface area contributed by atoms with Crippen molar-refractivity contribution in [2.45, 2.75) is 45.3 Å². The van der Waals surface area contributed by atoms with Gasteiger partial charge in [0.05, 0.1) is 25.8 Å². The Morgan fingerprint density at radius 3 is 2.85 bits per heavy atom. The van der Waals surface area contributed by atoms with Crippen molar-refractivity contribution >= 4 is 17.2 Å². The van der Waals surface area contributed by atoms with Crippen molar-refractivity contribution < 1.29 is 19.4 Å². The van der Waals surface area contributed by atoms with E-state index in [2.05, 4.69) is 36.8 Å². The molecule has 0 saturated heterocycles. The lowest BCUT2D eigenvalue weighted by molar-refractivity contribution is -0.136. The van der Waals surface area contributed by atoms with E-state index >= 15 is 0 Å². The second kappa shape index (κ2) is 12.9. The predicted octanol–water partition coefficient (Wildman–Crippen LogP) is 4.55. The summed E-state index contributed by atoms with van der Waals surface area (Å²) in [7, 11) is 1.63. The Bertz CT molecular complexity index is 929. The molecule has 2 aromatic rings. The van der Waals surface area contributed by atoms with Gasteiger partial charge >= 0.3 is 0 Å². The minimum atomic E-state index is -0.471. The maximum absolute atomic E-state index is 13.6. The van der Waals surface area contributed by atoms with Gasteiger partial charge in [-0.05, 0) is 54.3 Å². The van der Waals surface area contributed by atoms with Crippen LogP contribution in [0.4, 0.5) is 0 Å². The predicted molar refractivity (Wildman–Crippen MR) is 138 cm³/mol. The van der Waals surface area contributed by atoms with E-state index in [-0.39, 0.29) is 11.9 Å². The summed E-state index contributed by atoms with van der Waals surface area (Å²) in [6.45, 7) is 10.6. The van der Waals surface area contributed by atoms with E-state index < -0.39 is 6.10 Å². The number of nitrogens with zero attached hydrogens (tertiary/aromatic N) is 2. The molecule has 1 N–H and O–H groups in total. The molecular formula is C27H38N2O4S. The van der Waals surface area contributed by atoms with Gasteiger partial charge in [0, 0.05) is 30.6 Å². The van der Waals surface area contributed by atoms with Crippen LogP contribution >= 0.6 is 11.3 Å². The van der Waals surface area contributed by atoms with Crippen LogP contribution in [0.2, 0.25) is 0 Å². The zero-order chi connectivity index (χ0) is 24.5. The molecule has 1 aliphatic heterocycles.